The molecule has 3 heteroatoms. The van der Waals surface area contributed by atoms with Gasteiger partial charge in [0.25, 0.3) is 0 Å². The lowest BCUT2D eigenvalue weighted by molar-refractivity contribution is 0.158. The van der Waals surface area contributed by atoms with Crippen molar-refractivity contribution in [1.29, 1.82) is 0 Å². The first-order valence-electron chi connectivity index (χ1n) is 9.41. The molecule has 0 bridgehead atoms. The van der Waals surface area contributed by atoms with Gasteiger partial charge in [-0.25, -0.2) is 4.79 Å². The lowest BCUT2D eigenvalue weighted by atomic mass is 9.98. The summed E-state index contributed by atoms with van der Waals surface area (Å²) in [6.45, 7) is 0.310. The van der Waals surface area contributed by atoms with Crippen LogP contribution < -0.4 is 5.32 Å². The topological polar surface area (TPSA) is 38.3 Å². The van der Waals surface area contributed by atoms with Crippen molar-refractivity contribution in [2.45, 2.75) is 5.92 Å². The van der Waals surface area contributed by atoms with E-state index in [2.05, 4.69) is 29.6 Å². The molecule has 0 fully saturated rings. The normalized spacial score (nSPS) is 12.4. The second-order valence-electron chi connectivity index (χ2n) is 6.98. The minimum Gasteiger partial charge on any atom is -0.448 e. The van der Waals surface area contributed by atoms with Gasteiger partial charge >= 0.3 is 6.09 Å². The van der Waals surface area contributed by atoms with Gasteiger partial charge in [-0.15, -0.1) is 0 Å². The van der Waals surface area contributed by atoms with E-state index in [9.17, 15) is 4.79 Å². The standard InChI is InChI=1S/C25H19NO2/c27-25(26-24-15-7-9-17-8-1-2-10-18(17)24)28-16-23-21-13-5-3-11-19(21)20-12-4-6-14-22(20)23/h1-15,23H,16H2,(H,26,27). The summed E-state index contributed by atoms with van der Waals surface area (Å²) in [7, 11) is 0. The van der Waals surface area contributed by atoms with Crippen LogP contribution in [0.4, 0.5) is 10.5 Å². The first-order chi connectivity index (χ1) is 13.8. The monoisotopic (exact) mass is 365 g/mol. The molecule has 1 aliphatic carbocycles. The van der Waals surface area contributed by atoms with E-state index in [1.165, 1.54) is 22.3 Å². The fourth-order valence-electron chi connectivity index (χ4n) is 4.08. The van der Waals surface area contributed by atoms with Gasteiger partial charge in [0.2, 0.25) is 0 Å². The summed E-state index contributed by atoms with van der Waals surface area (Å²) in [5.74, 6) is 0.0608. The number of hydrogen-bond donors (Lipinski definition) is 1. The summed E-state index contributed by atoms with van der Waals surface area (Å²) in [5.41, 5.74) is 5.63. The predicted octanol–water partition coefficient (Wildman–Crippen LogP) is 6.20. The molecule has 5 rings (SSSR count). The van der Waals surface area contributed by atoms with Crippen LogP contribution in [0.3, 0.4) is 0 Å². The highest BCUT2D eigenvalue weighted by molar-refractivity contribution is 6.00. The summed E-state index contributed by atoms with van der Waals surface area (Å²) >= 11 is 0. The molecule has 0 aromatic heterocycles. The molecule has 4 aromatic rings. The molecular weight excluding hydrogens is 346 g/mol. The van der Waals surface area contributed by atoms with Gasteiger partial charge in [-0.05, 0) is 33.7 Å². The molecule has 1 aliphatic rings. The molecule has 0 radical (unpaired) electrons. The Hall–Kier alpha value is -3.59. The zero-order valence-corrected chi connectivity index (χ0v) is 15.3. The van der Waals surface area contributed by atoms with Crippen LogP contribution >= 0.6 is 0 Å². The van der Waals surface area contributed by atoms with Crippen LogP contribution in [0.25, 0.3) is 21.9 Å². The number of fused-ring (bicyclic) bond motifs is 4. The SMILES string of the molecule is O=C(Nc1cccc2ccccc12)OCC1c2ccccc2-c2ccccc21. The van der Waals surface area contributed by atoms with Gasteiger partial charge in [-0.1, -0.05) is 84.9 Å². The Morgan fingerprint density at radius 2 is 1.36 bits per heavy atom. The number of carbonyl (C=O) groups excluding carboxylic acids is 1. The number of carbonyl (C=O) groups is 1. The Balaban J connectivity index is 1.36. The van der Waals surface area contributed by atoms with Crippen LogP contribution in [-0.2, 0) is 4.74 Å². The average molecular weight is 365 g/mol. The van der Waals surface area contributed by atoms with Crippen LogP contribution in [0.15, 0.2) is 91.0 Å². The average Bonchev–Trinajstić information content (AvgIpc) is 3.06. The van der Waals surface area contributed by atoms with Crippen molar-refractivity contribution in [1.82, 2.24) is 0 Å². The maximum Gasteiger partial charge on any atom is 0.411 e. The molecule has 0 heterocycles. The Morgan fingerprint density at radius 1 is 0.750 bits per heavy atom. The van der Waals surface area contributed by atoms with E-state index in [1.54, 1.807) is 0 Å². The van der Waals surface area contributed by atoms with Crippen molar-refractivity contribution in [2.75, 3.05) is 11.9 Å². The van der Waals surface area contributed by atoms with Crippen LogP contribution in [-0.4, -0.2) is 12.7 Å². The minimum atomic E-state index is -0.432. The molecule has 0 spiro atoms. The molecule has 136 valence electrons. The maximum absolute atomic E-state index is 12.5. The van der Waals surface area contributed by atoms with Gasteiger partial charge in [-0.3, -0.25) is 5.32 Å². The Kier molecular flexibility index (Phi) is 4.06. The lowest BCUT2D eigenvalue weighted by Gasteiger charge is -2.15. The fourth-order valence-corrected chi connectivity index (χ4v) is 4.08. The highest BCUT2D eigenvalue weighted by atomic mass is 16.5. The van der Waals surface area contributed by atoms with Crippen molar-refractivity contribution in [3.63, 3.8) is 0 Å². The second kappa shape index (κ2) is 6.86. The largest absolute Gasteiger partial charge is 0.448 e. The zero-order chi connectivity index (χ0) is 18.9. The number of benzene rings is 4. The van der Waals surface area contributed by atoms with Crippen molar-refractivity contribution < 1.29 is 9.53 Å². The molecule has 28 heavy (non-hydrogen) atoms. The van der Waals surface area contributed by atoms with Gasteiger partial charge < -0.3 is 4.74 Å². The van der Waals surface area contributed by atoms with Crippen molar-refractivity contribution >= 4 is 22.6 Å². The Bertz CT molecular complexity index is 1130. The quantitative estimate of drug-likeness (QED) is 0.469. The fraction of sp³-hybridized carbons (Fsp3) is 0.0800. The van der Waals surface area contributed by atoms with Gasteiger partial charge in [0.15, 0.2) is 0 Å². The van der Waals surface area contributed by atoms with E-state index in [1.807, 2.05) is 66.7 Å². The third kappa shape index (κ3) is 2.81. The van der Waals surface area contributed by atoms with Crippen LogP contribution in [0.1, 0.15) is 17.0 Å². The van der Waals surface area contributed by atoms with Crippen molar-refractivity contribution in [3.05, 3.63) is 102 Å². The van der Waals surface area contributed by atoms with Gasteiger partial charge in [0, 0.05) is 11.3 Å². The third-order valence-electron chi connectivity index (χ3n) is 5.37. The molecule has 0 atom stereocenters. The molecule has 0 saturated carbocycles. The highest BCUT2D eigenvalue weighted by Crippen LogP contribution is 2.44. The zero-order valence-electron chi connectivity index (χ0n) is 15.3. The Morgan fingerprint density at radius 3 is 2.11 bits per heavy atom. The summed E-state index contributed by atoms with van der Waals surface area (Å²) in [6, 6.07) is 30.5. The number of hydrogen-bond acceptors (Lipinski definition) is 2. The van der Waals surface area contributed by atoms with E-state index in [4.69, 9.17) is 4.74 Å². The third-order valence-corrected chi connectivity index (χ3v) is 5.37. The van der Waals surface area contributed by atoms with Crippen LogP contribution in [0.5, 0.6) is 0 Å². The molecule has 0 aliphatic heterocycles. The molecule has 1 amide bonds. The smallest absolute Gasteiger partial charge is 0.411 e. The van der Waals surface area contributed by atoms with E-state index in [0.717, 1.165) is 16.5 Å². The van der Waals surface area contributed by atoms with E-state index >= 15 is 0 Å². The predicted molar refractivity (Wildman–Crippen MR) is 113 cm³/mol. The number of amides is 1. The van der Waals surface area contributed by atoms with Crippen molar-refractivity contribution in [2.24, 2.45) is 0 Å². The number of nitrogens with one attached hydrogen (secondary N) is 1. The number of anilines is 1. The summed E-state index contributed by atoms with van der Waals surface area (Å²) < 4.78 is 5.64. The van der Waals surface area contributed by atoms with Crippen LogP contribution in [0, 0.1) is 0 Å². The van der Waals surface area contributed by atoms with E-state index in [0.29, 0.717) is 6.61 Å². The first-order valence-corrected chi connectivity index (χ1v) is 9.41. The molecule has 3 nitrogen and oxygen atoms in total. The van der Waals surface area contributed by atoms with E-state index < -0.39 is 6.09 Å². The second-order valence-corrected chi connectivity index (χ2v) is 6.98. The Labute approximate surface area is 163 Å². The number of rotatable bonds is 3. The van der Waals surface area contributed by atoms with Crippen molar-refractivity contribution in [3.8, 4) is 11.1 Å². The highest BCUT2D eigenvalue weighted by Gasteiger charge is 2.29. The first kappa shape index (κ1) is 16.6. The maximum atomic E-state index is 12.5. The lowest BCUT2D eigenvalue weighted by Crippen LogP contribution is -2.18. The van der Waals surface area contributed by atoms with Gasteiger partial charge in [0.05, 0.1) is 5.69 Å². The summed E-state index contributed by atoms with van der Waals surface area (Å²) in [4.78, 5) is 12.5. The van der Waals surface area contributed by atoms with E-state index in [-0.39, 0.29) is 5.92 Å². The number of ether oxygens (including phenoxy) is 1. The molecule has 0 saturated heterocycles. The van der Waals surface area contributed by atoms with Gasteiger partial charge in [-0.2, -0.15) is 0 Å². The van der Waals surface area contributed by atoms with Gasteiger partial charge in [0.1, 0.15) is 6.61 Å². The molecule has 4 aromatic carbocycles. The molecule has 0 unspecified atom stereocenters. The summed E-state index contributed by atoms with van der Waals surface area (Å²) in [6.07, 6.45) is -0.432. The van der Waals surface area contributed by atoms with Crippen LogP contribution in [0.2, 0.25) is 0 Å². The minimum absolute atomic E-state index is 0.0608. The molecular formula is C25H19NO2. The molecule has 1 N–H and O–H groups in total. The summed E-state index contributed by atoms with van der Waals surface area (Å²) in [5, 5.41) is 4.98.